The summed E-state index contributed by atoms with van der Waals surface area (Å²) in [6.07, 6.45) is 1.29. The van der Waals surface area contributed by atoms with Crippen LogP contribution in [0, 0.1) is 13.8 Å². The molecule has 0 fully saturated rings. The third kappa shape index (κ3) is 3.65. The van der Waals surface area contributed by atoms with E-state index in [0.717, 1.165) is 24.0 Å². The van der Waals surface area contributed by atoms with E-state index in [0.29, 0.717) is 6.61 Å². The first kappa shape index (κ1) is 12.2. The topological polar surface area (TPSA) is 29.5 Å². The predicted molar refractivity (Wildman–Crippen MR) is 62.0 cm³/mol. The van der Waals surface area contributed by atoms with Crippen LogP contribution in [0.25, 0.3) is 0 Å². The Morgan fingerprint density at radius 3 is 2.73 bits per heavy atom. The summed E-state index contributed by atoms with van der Waals surface area (Å²) in [7, 11) is 1.68. The largest absolute Gasteiger partial charge is 0.388 e. The fraction of sp³-hybridized carbons (Fsp3) is 0.538. The van der Waals surface area contributed by atoms with Gasteiger partial charge in [0.15, 0.2) is 0 Å². The molecule has 1 aromatic carbocycles. The Morgan fingerprint density at radius 1 is 1.33 bits per heavy atom. The molecule has 0 bridgehead atoms. The maximum atomic E-state index is 10.00. The fourth-order valence-electron chi connectivity index (χ4n) is 1.70. The van der Waals surface area contributed by atoms with Crippen LogP contribution >= 0.6 is 0 Å². The molecule has 1 aromatic rings. The molecule has 2 nitrogen and oxygen atoms in total. The Morgan fingerprint density at radius 2 is 2.07 bits per heavy atom. The minimum Gasteiger partial charge on any atom is -0.388 e. The zero-order valence-corrected chi connectivity index (χ0v) is 9.79. The van der Waals surface area contributed by atoms with Crippen LogP contribution in [0.3, 0.4) is 0 Å². The number of aliphatic hydroxyl groups is 1. The molecule has 1 atom stereocenters. The normalized spacial score (nSPS) is 12.8. The van der Waals surface area contributed by atoms with Crippen molar-refractivity contribution < 1.29 is 9.84 Å². The van der Waals surface area contributed by atoms with Crippen molar-refractivity contribution in [1.82, 2.24) is 0 Å². The van der Waals surface area contributed by atoms with Crippen molar-refractivity contribution in [3.63, 3.8) is 0 Å². The molecule has 15 heavy (non-hydrogen) atoms. The second kappa shape index (κ2) is 5.89. The van der Waals surface area contributed by atoms with E-state index < -0.39 is 0 Å². The molecule has 0 aliphatic rings. The average molecular weight is 208 g/mol. The van der Waals surface area contributed by atoms with Crippen LogP contribution in [-0.4, -0.2) is 18.8 Å². The van der Waals surface area contributed by atoms with Crippen LogP contribution in [0.5, 0.6) is 0 Å². The van der Waals surface area contributed by atoms with E-state index >= 15 is 0 Å². The summed E-state index contributed by atoms with van der Waals surface area (Å²) in [6, 6.07) is 6.19. The molecule has 0 saturated carbocycles. The first-order valence-electron chi connectivity index (χ1n) is 5.39. The lowest BCUT2D eigenvalue weighted by atomic mass is 9.98. The lowest BCUT2D eigenvalue weighted by Crippen LogP contribution is -2.02. The number of benzene rings is 1. The van der Waals surface area contributed by atoms with Gasteiger partial charge in [0.1, 0.15) is 0 Å². The molecule has 0 aliphatic heterocycles. The number of rotatable bonds is 5. The number of hydrogen-bond acceptors (Lipinski definition) is 2. The SMILES string of the molecule is COCCCC(O)c1cc(C)ccc1C. The monoisotopic (exact) mass is 208 g/mol. The van der Waals surface area contributed by atoms with Gasteiger partial charge in [-0.25, -0.2) is 0 Å². The van der Waals surface area contributed by atoms with E-state index in [-0.39, 0.29) is 6.10 Å². The van der Waals surface area contributed by atoms with Gasteiger partial charge in [-0.1, -0.05) is 23.8 Å². The molecule has 0 aromatic heterocycles. The van der Waals surface area contributed by atoms with Crippen molar-refractivity contribution in [2.75, 3.05) is 13.7 Å². The smallest absolute Gasteiger partial charge is 0.0793 e. The van der Waals surface area contributed by atoms with E-state index in [9.17, 15) is 5.11 Å². The zero-order valence-electron chi connectivity index (χ0n) is 9.79. The van der Waals surface area contributed by atoms with Gasteiger partial charge in [0.05, 0.1) is 6.10 Å². The molecule has 0 aliphatic carbocycles. The van der Waals surface area contributed by atoms with Crippen molar-refractivity contribution in [2.24, 2.45) is 0 Å². The fourth-order valence-corrected chi connectivity index (χ4v) is 1.70. The highest BCUT2D eigenvalue weighted by Gasteiger charge is 2.09. The summed E-state index contributed by atoms with van der Waals surface area (Å²) in [5.74, 6) is 0. The lowest BCUT2D eigenvalue weighted by Gasteiger charge is -2.14. The highest BCUT2D eigenvalue weighted by Crippen LogP contribution is 2.22. The van der Waals surface area contributed by atoms with Gasteiger partial charge in [-0.15, -0.1) is 0 Å². The first-order chi connectivity index (χ1) is 7.15. The molecule has 0 heterocycles. The summed E-state index contributed by atoms with van der Waals surface area (Å²) in [4.78, 5) is 0. The zero-order chi connectivity index (χ0) is 11.3. The quantitative estimate of drug-likeness (QED) is 0.754. The van der Waals surface area contributed by atoms with Gasteiger partial charge in [0, 0.05) is 13.7 Å². The van der Waals surface area contributed by atoms with E-state index in [4.69, 9.17) is 4.74 Å². The number of aliphatic hydroxyl groups excluding tert-OH is 1. The van der Waals surface area contributed by atoms with Gasteiger partial charge < -0.3 is 9.84 Å². The number of methoxy groups -OCH3 is 1. The van der Waals surface area contributed by atoms with Crippen molar-refractivity contribution in [3.05, 3.63) is 34.9 Å². The number of aryl methyl sites for hydroxylation is 2. The summed E-state index contributed by atoms with van der Waals surface area (Å²) in [5.41, 5.74) is 3.40. The van der Waals surface area contributed by atoms with Crippen LogP contribution < -0.4 is 0 Å². The molecule has 0 saturated heterocycles. The molecule has 0 spiro atoms. The Hall–Kier alpha value is -0.860. The second-order valence-electron chi connectivity index (χ2n) is 4.01. The predicted octanol–water partition coefficient (Wildman–Crippen LogP) is 2.76. The summed E-state index contributed by atoms with van der Waals surface area (Å²) >= 11 is 0. The summed E-state index contributed by atoms with van der Waals surface area (Å²) in [5, 5.41) is 10.00. The molecular weight excluding hydrogens is 188 g/mol. The van der Waals surface area contributed by atoms with Crippen LogP contribution in [-0.2, 0) is 4.74 Å². The number of hydrogen-bond donors (Lipinski definition) is 1. The highest BCUT2D eigenvalue weighted by atomic mass is 16.5. The summed E-state index contributed by atoms with van der Waals surface area (Å²) < 4.78 is 4.97. The van der Waals surface area contributed by atoms with E-state index in [1.54, 1.807) is 7.11 Å². The maximum Gasteiger partial charge on any atom is 0.0793 e. The van der Waals surface area contributed by atoms with Crippen molar-refractivity contribution in [1.29, 1.82) is 0 Å². The van der Waals surface area contributed by atoms with Gasteiger partial charge in [-0.2, -0.15) is 0 Å². The minimum absolute atomic E-state index is 0.361. The highest BCUT2D eigenvalue weighted by molar-refractivity contribution is 5.32. The van der Waals surface area contributed by atoms with Gasteiger partial charge in [0.2, 0.25) is 0 Å². The second-order valence-corrected chi connectivity index (χ2v) is 4.01. The maximum absolute atomic E-state index is 10.00. The first-order valence-corrected chi connectivity index (χ1v) is 5.39. The summed E-state index contributed by atoms with van der Waals surface area (Å²) in [6.45, 7) is 4.79. The minimum atomic E-state index is -0.361. The third-order valence-electron chi connectivity index (χ3n) is 2.62. The van der Waals surface area contributed by atoms with Gasteiger partial charge in [-0.05, 0) is 37.8 Å². The van der Waals surface area contributed by atoms with E-state index in [2.05, 4.69) is 18.2 Å². The Labute approximate surface area is 91.9 Å². The Kier molecular flexibility index (Phi) is 4.79. The van der Waals surface area contributed by atoms with Crippen molar-refractivity contribution in [3.8, 4) is 0 Å². The molecule has 1 unspecified atom stereocenters. The van der Waals surface area contributed by atoms with E-state index in [1.807, 2.05) is 13.8 Å². The number of ether oxygens (including phenoxy) is 1. The van der Waals surface area contributed by atoms with Crippen LogP contribution in [0.15, 0.2) is 18.2 Å². The van der Waals surface area contributed by atoms with Crippen molar-refractivity contribution >= 4 is 0 Å². The van der Waals surface area contributed by atoms with Gasteiger partial charge in [-0.3, -0.25) is 0 Å². The van der Waals surface area contributed by atoms with Gasteiger partial charge >= 0.3 is 0 Å². The molecular formula is C13H20O2. The molecule has 2 heteroatoms. The molecule has 1 rings (SSSR count). The average Bonchev–Trinajstić information content (AvgIpc) is 2.22. The van der Waals surface area contributed by atoms with Crippen molar-refractivity contribution in [2.45, 2.75) is 32.8 Å². The van der Waals surface area contributed by atoms with Crippen LogP contribution in [0.1, 0.15) is 35.6 Å². The van der Waals surface area contributed by atoms with Crippen LogP contribution in [0.2, 0.25) is 0 Å². The molecule has 0 radical (unpaired) electrons. The van der Waals surface area contributed by atoms with E-state index in [1.165, 1.54) is 5.56 Å². The molecule has 0 amide bonds. The van der Waals surface area contributed by atoms with Crippen LogP contribution in [0.4, 0.5) is 0 Å². The van der Waals surface area contributed by atoms with Gasteiger partial charge in [0.25, 0.3) is 0 Å². The Balaban J connectivity index is 2.64. The molecule has 1 N–H and O–H groups in total. The molecule has 84 valence electrons. The standard InChI is InChI=1S/C13H20O2/c1-10-6-7-11(2)12(9-10)13(14)5-4-8-15-3/h6-7,9,13-14H,4-5,8H2,1-3H3. The lowest BCUT2D eigenvalue weighted by molar-refractivity contribution is 0.136. The third-order valence-corrected chi connectivity index (χ3v) is 2.62. The Bertz CT molecular complexity index is 307.